The van der Waals surface area contributed by atoms with Crippen LogP contribution >= 0.6 is 47.8 Å². The zero-order valence-electron chi connectivity index (χ0n) is 16.5. The molecule has 0 amide bonds. The molecule has 0 fully saturated rings. The first-order chi connectivity index (χ1) is 13.5. The van der Waals surface area contributed by atoms with E-state index in [0.717, 1.165) is 22.0 Å². The SMILES string of the molecule is Cc1ccc(S(=O)(=O)n2c(C)c(OCCN(C)C)c3cc(Br)cc(Br)c32)c(Br)c1. The molecule has 2 aromatic carbocycles. The molecule has 3 rings (SSSR count). The molecule has 0 aliphatic carbocycles. The van der Waals surface area contributed by atoms with Crippen LogP contribution in [0.2, 0.25) is 0 Å². The fourth-order valence-electron chi connectivity index (χ4n) is 3.13. The van der Waals surface area contributed by atoms with Crippen molar-refractivity contribution in [2.45, 2.75) is 18.7 Å². The largest absolute Gasteiger partial charge is 0.490 e. The molecule has 29 heavy (non-hydrogen) atoms. The Morgan fingerprint density at radius 3 is 2.34 bits per heavy atom. The van der Waals surface area contributed by atoms with Gasteiger partial charge in [-0.1, -0.05) is 22.0 Å². The van der Waals surface area contributed by atoms with Gasteiger partial charge in [-0.2, -0.15) is 0 Å². The maximum Gasteiger partial charge on any atom is 0.269 e. The monoisotopic (exact) mass is 606 g/mol. The molecule has 0 bridgehead atoms. The molecule has 0 saturated heterocycles. The molecule has 0 spiro atoms. The third-order valence-electron chi connectivity index (χ3n) is 4.50. The van der Waals surface area contributed by atoms with Gasteiger partial charge in [0.2, 0.25) is 0 Å². The lowest BCUT2D eigenvalue weighted by molar-refractivity contribution is 0.262. The van der Waals surface area contributed by atoms with Gasteiger partial charge in [0, 0.05) is 25.3 Å². The van der Waals surface area contributed by atoms with E-state index in [2.05, 4.69) is 47.8 Å². The van der Waals surface area contributed by atoms with E-state index >= 15 is 0 Å². The lowest BCUT2D eigenvalue weighted by atomic mass is 10.2. The second-order valence-electron chi connectivity index (χ2n) is 7.05. The van der Waals surface area contributed by atoms with Crippen molar-refractivity contribution < 1.29 is 13.2 Å². The van der Waals surface area contributed by atoms with Gasteiger partial charge in [-0.25, -0.2) is 12.4 Å². The molecule has 0 aliphatic rings. The van der Waals surface area contributed by atoms with Crippen LogP contribution in [0.4, 0.5) is 0 Å². The Bertz CT molecular complexity index is 1190. The number of rotatable bonds is 6. The third-order valence-corrected chi connectivity index (χ3v) is 8.33. The summed E-state index contributed by atoms with van der Waals surface area (Å²) in [6.45, 7) is 4.86. The molecule has 0 saturated carbocycles. The third kappa shape index (κ3) is 4.44. The molecule has 0 radical (unpaired) electrons. The normalized spacial score (nSPS) is 12.1. The minimum atomic E-state index is -3.87. The Kier molecular flexibility index (Phi) is 6.85. The second kappa shape index (κ2) is 8.70. The van der Waals surface area contributed by atoms with Gasteiger partial charge in [-0.3, -0.25) is 0 Å². The van der Waals surface area contributed by atoms with Crippen molar-refractivity contribution in [1.29, 1.82) is 0 Å². The summed E-state index contributed by atoms with van der Waals surface area (Å²) in [5.41, 5.74) is 2.06. The van der Waals surface area contributed by atoms with Crippen LogP contribution in [0, 0.1) is 13.8 Å². The lowest BCUT2D eigenvalue weighted by Gasteiger charge is -2.13. The van der Waals surface area contributed by atoms with Gasteiger partial charge in [0.25, 0.3) is 10.0 Å². The smallest absolute Gasteiger partial charge is 0.269 e. The zero-order valence-corrected chi connectivity index (χ0v) is 22.0. The molecule has 3 aromatic rings. The van der Waals surface area contributed by atoms with Crippen molar-refractivity contribution in [3.63, 3.8) is 0 Å². The van der Waals surface area contributed by atoms with Crippen molar-refractivity contribution in [1.82, 2.24) is 8.87 Å². The van der Waals surface area contributed by atoms with E-state index in [0.29, 0.717) is 32.5 Å². The Labute approximate surface area is 196 Å². The van der Waals surface area contributed by atoms with E-state index in [9.17, 15) is 8.42 Å². The van der Waals surface area contributed by atoms with Gasteiger partial charge in [-0.15, -0.1) is 0 Å². The van der Waals surface area contributed by atoms with E-state index in [-0.39, 0.29) is 4.90 Å². The molecular formula is C20H21Br3N2O3S. The summed E-state index contributed by atoms with van der Waals surface area (Å²) in [7, 11) is 0.0632. The highest BCUT2D eigenvalue weighted by atomic mass is 79.9. The Morgan fingerprint density at radius 1 is 1.03 bits per heavy atom. The lowest BCUT2D eigenvalue weighted by Crippen LogP contribution is -2.20. The van der Waals surface area contributed by atoms with E-state index in [1.54, 1.807) is 25.1 Å². The van der Waals surface area contributed by atoms with Crippen molar-refractivity contribution in [3.8, 4) is 5.75 Å². The molecular weight excluding hydrogens is 588 g/mol. The standard InChI is InChI=1S/C20H21Br3N2O3S/c1-12-5-6-18(16(22)9-12)29(26,27)25-13(2)20(28-8-7-24(3)4)15-10-14(21)11-17(23)19(15)25/h5-6,9-11H,7-8H2,1-4H3. The number of likely N-dealkylation sites (N-methyl/N-ethyl adjacent to an activating group) is 1. The average molecular weight is 609 g/mol. The highest BCUT2D eigenvalue weighted by Gasteiger charge is 2.29. The van der Waals surface area contributed by atoms with Gasteiger partial charge in [0.05, 0.1) is 11.2 Å². The first-order valence-corrected chi connectivity index (χ1v) is 12.6. The average Bonchev–Trinajstić information content (AvgIpc) is 2.87. The first-order valence-electron chi connectivity index (χ1n) is 8.83. The second-order valence-corrected chi connectivity index (χ2v) is 11.4. The number of benzene rings is 2. The molecule has 0 N–H and O–H groups in total. The van der Waals surface area contributed by atoms with Crippen LogP contribution in [0.1, 0.15) is 11.3 Å². The molecule has 0 atom stereocenters. The van der Waals surface area contributed by atoms with Gasteiger partial charge < -0.3 is 9.64 Å². The van der Waals surface area contributed by atoms with Crippen LogP contribution in [-0.4, -0.2) is 44.5 Å². The van der Waals surface area contributed by atoms with Crippen LogP contribution in [0.3, 0.4) is 0 Å². The summed E-state index contributed by atoms with van der Waals surface area (Å²) in [6.07, 6.45) is 0. The summed E-state index contributed by atoms with van der Waals surface area (Å²) >= 11 is 10.5. The number of nitrogens with zero attached hydrogens (tertiary/aromatic N) is 2. The van der Waals surface area contributed by atoms with Gasteiger partial charge in [0.1, 0.15) is 17.3 Å². The molecule has 1 heterocycles. The van der Waals surface area contributed by atoms with Crippen LogP contribution in [0.25, 0.3) is 10.9 Å². The van der Waals surface area contributed by atoms with E-state index in [4.69, 9.17) is 4.74 Å². The summed E-state index contributed by atoms with van der Waals surface area (Å²) in [4.78, 5) is 2.22. The Hall–Kier alpha value is -0.870. The summed E-state index contributed by atoms with van der Waals surface area (Å²) in [5.74, 6) is 0.565. The van der Waals surface area contributed by atoms with Gasteiger partial charge in [0.15, 0.2) is 0 Å². The molecule has 1 aromatic heterocycles. The van der Waals surface area contributed by atoms with Crippen LogP contribution < -0.4 is 4.74 Å². The molecule has 156 valence electrons. The minimum Gasteiger partial charge on any atom is -0.490 e. The topological polar surface area (TPSA) is 51.5 Å². The molecule has 9 heteroatoms. The Morgan fingerprint density at radius 2 is 1.72 bits per heavy atom. The van der Waals surface area contributed by atoms with Crippen molar-refractivity contribution in [2.24, 2.45) is 0 Å². The number of halogens is 3. The minimum absolute atomic E-state index is 0.206. The summed E-state index contributed by atoms with van der Waals surface area (Å²) in [6, 6.07) is 8.93. The quantitative estimate of drug-likeness (QED) is 0.359. The highest BCUT2D eigenvalue weighted by molar-refractivity contribution is 9.11. The number of hydrogen-bond acceptors (Lipinski definition) is 4. The van der Waals surface area contributed by atoms with Gasteiger partial charge in [-0.05, 0) is 89.6 Å². The Balaban J connectivity index is 2.28. The fourth-order valence-corrected chi connectivity index (χ4v) is 7.38. The molecule has 5 nitrogen and oxygen atoms in total. The maximum absolute atomic E-state index is 13.7. The van der Waals surface area contributed by atoms with E-state index in [1.807, 2.05) is 38.1 Å². The van der Waals surface area contributed by atoms with Crippen molar-refractivity contribution in [3.05, 3.63) is 55.0 Å². The fraction of sp³-hybridized carbons (Fsp3) is 0.300. The zero-order chi connectivity index (χ0) is 21.5. The number of fused-ring (bicyclic) bond motifs is 1. The molecule has 0 aliphatic heterocycles. The van der Waals surface area contributed by atoms with Crippen molar-refractivity contribution in [2.75, 3.05) is 27.2 Å². The van der Waals surface area contributed by atoms with Crippen LogP contribution in [0.5, 0.6) is 5.75 Å². The summed E-state index contributed by atoms with van der Waals surface area (Å²) < 4.78 is 36.8. The van der Waals surface area contributed by atoms with Gasteiger partial charge >= 0.3 is 0 Å². The number of ether oxygens (including phenoxy) is 1. The molecule has 0 unspecified atom stereocenters. The summed E-state index contributed by atoms with van der Waals surface area (Å²) in [5, 5.41) is 0.731. The van der Waals surface area contributed by atoms with Crippen LogP contribution in [0.15, 0.2) is 48.6 Å². The number of hydrogen-bond donors (Lipinski definition) is 0. The number of aryl methyl sites for hydroxylation is 1. The predicted molar refractivity (Wildman–Crippen MR) is 128 cm³/mol. The highest BCUT2D eigenvalue weighted by Crippen LogP contribution is 2.41. The first kappa shape index (κ1) is 22.8. The maximum atomic E-state index is 13.7. The van der Waals surface area contributed by atoms with Crippen LogP contribution in [-0.2, 0) is 10.0 Å². The van der Waals surface area contributed by atoms with E-state index in [1.165, 1.54) is 3.97 Å². The van der Waals surface area contributed by atoms with Crippen molar-refractivity contribution >= 4 is 68.7 Å². The van der Waals surface area contributed by atoms with E-state index < -0.39 is 10.0 Å². The predicted octanol–water partition coefficient (Wildman–Crippen LogP) is 5.72. The number of aromatic nitrogens is 1.